The summed E-state index contributed by atoms with van der Waals surface area (Å²) in [7, 11) is 0. The maximum Gasteiger partial charge on any atom is 0.138 e. The molecular weight excluding hydrogens is 282 g/mol. The third kappa shape index (κ3) is 3.59. The maximum atomic E-state index is 5.72. The van der Waals surface area contributed by atoms with Gasteiger partial charge < -0.3 is 14.5 Å². The van der Waals surface area contributed by atoms with Crippen molar-refractivity contribution >= 4 is 17.4 Å². The Kier molecular flexibility index (Phi) is 5.17. The van der Waals surface area contributed by atoms with E-state index in [0.717, 1.165) is 42.5 Å². The van der Waals surface area contributed by atoms with Gasteiger partial charge in [0.15, 0.2) is 0 Å². The van der Waals surface area contributed by atoms with Crippen LogP contribution in [0.1, 0.15) is 31.9 Å². The lowest BCUT2D eigenvalue weighted by Gasteiger charge is -2.09. The summed E-state index contributed by atoms with van der Waals surface area (Å²) in [5.41, 5.74) is 2.29. The smallest absolute Gasteiger partial charge is 0.138 e. The van der Waals surface area contributed by atoms with Crippen LogP contribution in [0.5, 0.6) is 0 Å². The predicted molar refractivity (Wildman–Crippen MR) is 86.9 cm³/mol. The number of fused-ring (bicyclic) bond motifs is 1. The van der Waals surface area contributed by atoms with E-state index in [0.29, 0.717) is 6.10 Å². The Morgan fingerprint density at radius 2 is 2.43 bits per heavy atom. The summed E-state index contributed by atoms with van der Waals surface area (Å²) in [6.45, 7) is 5.01. The van der Waals surface area contributed by atoms with E-state index in [9.17, 15) is 0 Å². The van der Waals surface area contributed by atoms with Crippen molar-refractivity contribution in [2.24, 2.45) is 0 Å². The van der Waals surface area contributed by atoms with Crippen LogP contribution in [0.25, 0.3) is 5.65 Å². The van der Waals surface area contributed by atoms with Gasteiger partial charge in [0, 0.05) is 25.1 Å². The van der Waals surface area contributed by atoms with E-state index in [1.807, 2.05) is 17.8 Å². The number of rotatable bonds is 7. The monoisotopic (exact) mass is 305 g/mol. The van der Waals surface area contributed by atoms with Crippen molar-refractivity contribution in [1.29, 1.82) is 0 Å². The molecule has 3 heterocycles. The number of aromatic nitrogens is 2. The van der Waals surface area contributed by atoms with Crippen LogP contribution in [-0.4, -0.2) is 34.4 Å². The molecule has 4 nitrogen and oxygen atoms in total. The first-order valence-electron chi connectivity index (χ1n) is 7.79. The van der Waals surface area contributed by atoms with E-state index in [1.165, 1.54) is 18.5 Å². The van der Waals surface area contributed by atoms with Crippen LogP contribution < -0.4 is 5.32 Å². The molecule has 0 radical (unpaired) electrons. The number of ether oxygens (including phenoxy) is 1. The Labute approximate surface area is 130 Å². The predicted octanol–water partition coefficient (Wildman–Crippen LogP) is 3.11. The Hall–Kier alpha value is -1.04. The molecule has 0 aromatic carbocycles. The molecule has 1 N–H and O–H groups in total. The van der Waals surface area contributed by atoms with E-state index in [4.69, 9.17) is 9.72 Å². The lowest BCUT2D eigenvalue weighted by atomic mass is 10.3. The summed E-state index contributed by atoms with van der Waals surface area (Å²) in [6, 6.07) is 6.17. The fourth-order valence-electron chi connectivity index (χ4n) is 2.63. The van der Waals surface area contributed by atoms with Crippen LogP contribution in [0, 0.1) is 0 Å². The largest absolute Gasteiger partial charge is 0.377 e. The number of imidazole rings is 1. The standard InChI is InChI=1S/C16H23N3OS/c1-2-8-17-11-14-16(21-12-13-6-5-10-20-13)18-15-7-3-4-9-19(14)15/h3-4,7,9,13,17H,2,5-6,8,10-12H2,1H3. The van der Waals surface area contributed by atoms with Crippen LogP contribution in [0.3, 0.4) is 0 Å². The Morgan fingerprint density at radius 1 is 1.48 bits per heavy atom. The average molecular weight is 305 g/mol. The Balaban J connectivity index is 1.76. The molecule has 1 aliphatic heterocycles. The molecule has 1 aliphatic rings. The van der Waals surface area contributed by atoms with E-state index in [2.05, 4.69) is 35.0 Å². The molecule has 0 spiro atoms. The van der Waals surface area contributed by atoms with Crippen LogP contribution in [0.2, 0.25) is 0 Å². The second-order valence-electron chi connectivity index (χ2n) is 5.42. The highest BCUT2D eigenvalue weighted by atomic mass is 32.2. The highest BCUT2D eigenvalue weighted by Gasteiger charge is 2.18. The van der Waals surface area contributed by atoms with Crippen LogP contribution in [0.15, 0.2) is 29.4 Å². The quantitative estimate of drug-likeness (QED) is 0.630. The summed E-state index contributed by atoms with van der Waals surface area (Å²) in [5, 5.41) is 4.63. The minimum Gasteiger partial charge on any atom is -0.377 e. The van der Waals surface area contributed by atoms with Crippen molar-refractivity contribution in [3.05, 3.63) is 30.1 Å². The minimum atomic E-state index is 0.399. The molecule has 1 fully saturated rings. The lowest BCUT2D eigenvalue weighted by molar-refractivity contribution is 0.129. The van der Waals surface area contributed by atoms with E-state index in [-0.39, 0.29) is 0 Å². The van der Waals surface area contributed by atoms with Crippen molar-refractivity contribution in [2.45, 2.75) is 43.9 Å². The molecule has 1 saturated heterocycles. The topological polar surface area (TPSA) is 38.6 Å². The normalized spacial score (nSPS) is 18.6. The molecule has 2 aromatic heterocycles. The molecule has 3 rings (SSSR count). The van der Waals surface area contributed by atoms with Gasteiger partial charge in [-0.2, -0.15) is 0 Å². The van der Waals surface area contributed by atoms with Gasteiger partial charge in [0.05, 0.1) is 11.8 Å². The van der Waals surface area contributed by atoms with E-state index < -0.39 is 0 Å². The number of thioether (sulfide) groups is 1. The number of nitrogens with zero attached hydrogens (tertiary/aromatic N) is 2. The van der Waals surface area contributed by atoms with Crippen molar-refractivity contribution in [3.8, 4) is 0 Å². The summed E-state index contributed by atoms with van der Waals surface area (Å²) in [5.74, 6) is 1.00. The fraction of sp³-hybridized carbons (Fsp3) is 0.562. The molecule has 114 valence electrons. The molecule has 0 amide bonds. The zero-order valence-electron chi connectivity index (χ0n) is 12.5. The first-order chi connectivity index (χ1) is 10.4. The second kappa shape index (κ2) is 7.29. The zero-order valence-corrected chi connectivity index (χ0v) is 13.4. The SMILES string of the molecule is CCCNCc1c(SCC2CCCO2)nc2ccccn12. The van der Waals surface area contributed by atoms with Gasteiger partial charge in [-0.15, -0.1) is 11.8 Å². The van der Waals surface area contributed by atoms with Crippen LogP contribution >= 0.6 is 11.8 Å². The maximum absolute atomic E-state index is 5.72. The van der Waals surface area contributed by atoms with Gasteiger partial charge in [-0.3, -0.25) is 0 Å². The lowest BCUT2D eigenvalue weighted by Crippen LogP contribution is -2.16. The molecule has 2 aromatic rings. The van der Waals surface area contributed by atoms with Gasteiger partial charge in [-0.25, -0.2) is 4.98 Å². The third-order valence-electron chi connectivity index (χ3n) is 3.74. The minimum absolute atomic E-state index is 0.399. The summed E-state index contributed by atoms with van der Waals surface area (Å²) in [6.07, 6.45) is 6.03. The van der Waals surface area contributed by atoms with Crippen molar-refractivity contribution < 1.29 is 4.74 Å². The molecule has 1 unspecified atom stereocenters. The second-order valence-corrected chi connectivity index (χ2v) is 6.42. The highest BCUT2D eigenvalue weighted by molar-refractivity contribution is 7.99. The fourth-order valence-corrected chi connectivity index (χ4v) is 3.73. The Morgan fingerprint density at radius 3 is 3.24 bits per heavy atom. The van der Waals surface area contributed by atoms with Gasteiger partial charge in [0.1, 0.15) is 10.7 Å². The first kappa shape index (κ1) is 14.9. The molecule has 21 heavy (non-hydrogen) atoms. The van der Waals surface area contributed by atoms with Crippen LogP contribution in [0.4, 0.5) is 0 Å². The van der Waals surface area contributed by atoms with Crippen LogP contribution in [-0.2, 0) is 11.3 Å². The summed E-state index contributed by atoms with van der Waals surface area (Å²) in [4.78, 5) is 4.78. The van der Waals surface area contributed by atoms with Crippen molar-refractivity contribution in [2.75, 3.05) is 18.9 Å². The number of hydrogen-bond donors (Lipinski definition) is 1. The van der Waals surface area contributed by atoms with Gasteiger partial charge in [0.25, 0.3) is 0 Å². The van der Waals surface area contributed by atoms with Crippen molar-refractivity contribution in [3.63, 3.8) is 0 Å². The molecule has 1 atom stereocenters. The van der Waals surface area contributed by atoms with Gasteiger partial charge in [0.2, 0.25) is 0 Å². The van der Waals surface area contributed by atoms with E-state index in [1.54, 1.807) is 0 Å². The molecule has 0 saturated carbocycles. The average Bonchev–Trinajstić information content (AvgIpc) is 3.13. The highest BCUT2D eigenvalue weighted by Crippen LogP contribution is 2.27. The van der Waals surface area contributed by atoms with Crippen molar-refractivity contribution in [1.82, 2.24) is 14.7 Å². The van der Waals surface area contributed by atoms with Gasteiger partial charge >= 0.3 is 0 Å². The summed E-state index contributed by atoms with van der Waals surface area (Å²) >= 11 is 1.83. The molecule has 0 bridgehead atoms. The van der Waals surface area contributed by atoms with Gasteiger partial charge in [-0.05, 0) is 37.9 Å². The molecular formula is C16H23N3OS. The van der Waals surface area contributed by atoms with Gasteiger partial charge in [-0.1, -0.05) is 13.0 Å². The number of pyridine rings is 1. The molecule has 0 aliphatic carbocycles. The third-order valence-corrected chi connectivity index (χ3v) is 4.88. The zero-order chi connectivity index (χ0) is 14.5. The number of nitrogens with one attached hydrogen (secondary N) is 1. The Bertz CT molecular complexity index is 578. The number of hydrogen-bond acceptors (Lipinski definition) is 4. The summed E-state index contributed by atoms with van der Waals surface area (Å²) < 4.78 is 7.91. The first-order valence-corrected chi connectivity index (χ1v) is 8.78. The molecule has 5 heteroatoms. The van der Waals surface area contributed by atoms with E-state index >= 15 is 0 Å².